The first-order valence-corrected chi connectivity index (χ1v) is 26.3. The van der Waals surface area contributed by atoms with Crippen molar-refractivity contribution in [2.24, 2.45) is 0 Å². The standard InChI is InChI=1S/C51H87O14P/c1-3-5-7-9-11-12-13-14-15-16-17-18-19-20-21-22-27-31-35-39-45(54)64-43(41-63-66(60,61)65-51-49(58)47(56)46(55)48(57)50(51)59)40-62-44(53)38-34-30-26-24-23-25-29-33-37-42(52)36-32-28-10-8-6-4-2/h11-12,14-15,24-26,28-29,32-33,37,42-43,46-52,55-59H,3-10,13,16-23,27,30-31,34-36,38-41H2,1-2H3,(H,60,61)/b12-11-,15-14-,26-24-,29-25-,32-28-,37-33+/t42-,43-,46?,47-,48+,49-,50-,51?/m1/s1. The second-order valence-corrected chi connectivity index (χ2v) is 18.6. The number of phosphoric acid groups is 1. The number of aliphatic hydroxyl groups excluding tert-OH is 6. The summed E-state index contributed by atoms with van der Waals surface area (Å²) in [6.07, 6.45) is 34.0. The van der Waals surface area contributed by atoms with Crippen LogP contribution in [-0.2, 0) is 32.7 Å². The molecule has 0 aromatic heterocycles. The summed E-state index contributed by atoms with van der Waals surface area (Å²) in [7, 11) is -5.15. The summed E-state index contributed by atoms with van der Waals surface area (Å²) in [5.41, 5.74) is 0. The molecule has 0 aromatic rings. The highest BCUT2D eigenvalue weighted by Crippen LogP contribution is 2.47. The van der Waals surface area contributed by atoms with E-state index in [1.54, 1.807) is 6.08 Å². The fourth-order valence-electron chi connectivity index (χ4n) is 7.04. The lowest BCUT2D eigenvalue weighted by molar-refractivity contribution is -0.220. The fraction of sp³-hybridized carbons (Fsp3) is 0.725. The van der Waals surface area contributed by atoms with Crippen molar-refractivity contribution < 1.29 is 68.2 Å². The molecule has 0 saturated heterocycles. The van der Waals surface area contributed by atoms with Gasteiger partial charge >= 0.3 is 19.8 Å². The van der Waals surface area contributed by atoms with Crippen molar-refractivity contribution in [3.63, 3.8) is 0 Å². The molecule has 1 aliphatic rings. The molecule has 9 atom stereocenters. The Hall–Kier alpha value is -2.75. The monoisotopic (exact) mass is 955 g/mol. The van der Waals surface area contributed by atoms with Crippen molar-refractivity contribution in [1.29, 1.82) is 0 Å². The minimum absolute atomic E-state index is 0.0552. The number of hydrogen-bond acceptors (Lipinski definition) is 13. The number of carbonyl (C=O) groups is 2. The summed E-state index contributed by atoms with van der Waals surface area (Å²) in [5.74, 6) is -1.21. The molecule has 0 spiro atoms. The first kappa shape index (κ1) is 61.3. The second kappa shape index (κ2) is 40.2. The van der Waals surface area contributed by atoms with Crippen molar-refractivity contribution in [2.75, 3.05) is 13.2 Å². The molecule has 3 unspecified atom stereocenters. The van der Waals surface area contributed by atoms with E-state index in [1.165, 1.54) is 70.6 Å². The van der Waals surface area contributed by atoms with Gasteiger partial charge in [0.15, 0.2) is 6.10 Å². The normalized spacial score (nSPS) is 22.4. The maximum absolute atomic E-state index is 12.8. The van der Waals surface area contributed by atoms with Gasteiger partial charge in [-0.05, 0) is 77.0 Å². The second-order valence-electron chi connectivity index (χ2n) is 17.2. The van der Waals surface area contributed by atoms with Crippen LogP contribution in [0.15, 0.2) is 72.9 Å². The molecule has 15 heteroatoms. The van der Waals surface area contributed by atoms with Crippen molar-refractivity contribution in [1.82, 2.24) is 0 Å². The van der Waals surface area contributed by atoms with Crippen LogP contribution in [0.4, 0.5) is 0 Å². The van der Waals surface area contributed by atoms with Gasteiger partial charge in [-0.25, -0.2) is 4.57 Å². The van der Waals surface area contributed by atoms with Gasteiger partial charge in [-0.2, -0.15) is 0 Å². The van der Waals surface area contributed by atoms with Gasteiger partial charge in [0.2, 0.25) is 0 Å². The van der Waals surface area contributed by atoms with E-state index in [0.717, 1.165) is 44.9 Å². The molecule has 0 aromatic carbocycles. The zero-order valence-corrected chi connectivity index (χ0v) is 41.0. The van der Waals surface area contributed by atoms with E-state index in [4.69, 9.17) is 18.5 Å². The smallest absolute Gasteiger partial charge is 0.462 e. The predicted molar refractivity (Wildman–Crippen MR) is 259 cm³/mol. The molecule has 66 heavy (non-hydrogen) atoms. The molecule has 0 aliphatic heterocycles. The molecule has 0 heterocycles. The van der Waals surface area contributed by atoms with Crippen LogP contribution < -0.4 is 0 Å². The molecule has 0 bridgehead atoms. The zero-order chi connectivity index (χ0) is 48.7. The van der Waals surface area contributed by atoms with Crippen molar-refractivity contribution in [3.8, 4) is 0 Å². The Bertz CT molecular complexity index is 1450. The molecule has 0 radical (unpaired) electrons. The third-order valence-electron chi connectivity index (χ3n) is 11.1. The van der Waals surface area contributed by atoms with E-state index >= 15 is 0 Å². The summed E-state index contributed by atoms with van der Waals surface area (Å²) >= 11 is 0. The number of carbonyl (C=O) groups excluding carboxylic acids is 2. The molecular weight excluding hydrogens is 868 g/mol. The topological polar surface area (TPSA) is 230 Å². The van der Waals surface area contributed by atoms with Crippen molar-refractivity contribution in [2.45, 2.75) is 223 Å². The highest BCUT2D eigenvalue weighted by Gasteiger charge is 2.51. The van der Waals surface area contributed by atoms with Crippen molar-refractivity contribution >= 4 is 19.8 Å². The summed E-state index contributed by atoms with van der Waals surface area (Å²) in [5, 5.41) is 60.3. The molecule has 1 rings (SSSR count). The molecule has 0 amide bonds. The van der Waals surface area contributed by atoms with Gasteiger partial charge in [-0.3, -0.25) is 18.6 Å². The molecule has 1 saturated carbocycles. The van der Waals surface area contributed by atoms with Gasteiger partial charge in [0.25, 0.3) is 0 Å². The van der Waals surface area contributed by atoms with Crippen LogP contribution in [0.5, 0.6) is 0 Å². The van der Waals surface area contributed by atoms with Crippen LogP contribution in [0.1, 0.15) is 174 Å². The van der Waals surface area contributed by atoms with Crippen LogP contribution >= 0.6 is 7.82 Å². The highest BCUT2D eigenvalue weighted by atomic mass is 31.2. The Labute approximate surface area is 396 Å². The Morgan fingerprint density at radius 2 is 1.02 bits per heavy atom. The lowest BCUT2D eigenvalue weighted by Crippen LogP contribution is -2.64. The third kappa shape index (κ3) is 32.1. The quantitative estimate of drug-likeness (QED) is 0.00999. The molecule has 7 N–H and O–H groups in total. The van der Waals surface area contributed by atoms with Crippen LogP contribution in [0.3, 0.4) is 0 Å². The number of hydrogen-bond donors (Lipinski definition) is 7. The number of ether oxygens (including phenoxy) is 2. The summed E-state index contributed by atoms with van der Waals surface area (Å²) in [6.45, 7) is 3.13. The average Bonchev–Trinajstić information content (AvgIpc) is 3.29. The number of unbranched alkanes of at least 4 members (excludes halogenated alkanes) is 16. The summed E-state index contributed by atoms with van der Waals surface area (Å²) < 4.78 is 33.5. The predicted octanol–water partition coefficient (Wildman–Crippen LogP) is 9.25. The molecule has 1 fully saturated rings. The lowest BCUT2D eigenvalue weighted by atomic mass is 9.85. The van der Waals surface area contributed by atoms with Crippen LogP contribution in [0, 0.1) is 0 Å². The minimum Gasteiger partial charge on any atom is -0.462 e. The van der Waals surface area contributed by atoms with Gasteiger partial charge in [0.1, 0.15) is 43.2 Å². The Kier molecular flexibility index (Phi) is 37.3. The molecular formula is C51H87O14P. The molecule has 380 valence electrons. The van der Waals surface area contributed by atoms with E-state index < -0.39 is 81.8 Å². The largest absolute Gasteiger partial charge is 0.472 e. The highest BCUT2D eigenvalue weighted by molar-refractivity contribution is 7.47. The number of esters is 2. The maximum Gasteiger partial charge on any atom is 0.472 e. The van der Waals surface area contributed by atoms with E-state index in [1.807, 2.05) is 36.5 Å². The first-order chi connectivity index (χ1) is 31.8. The summed E-state index contributed by atoms with van der Waals surface area (Å²) in [6, 6.07) is 0. The van der Waals surface area contributed by atoms with E-state index in [9.17, 15) is 49.7 Å². The van der Waals surface area contributed by atoms with Gasteiger partial charge in [0, 0.05) is 12.8 Å². The third-order valence-corrected chi connectivity index (χ3v) is 12.1. The van der Waals surface area contributed by atoms with Crippen LogP contribution in [0.25, 0.3) is 0 Å². The van der Waals surface area contributed by atoms with Gasteiger partial charge in [-0.1, -0.05) is 157 Å². The fourth-order valence-corrected chi connectivity index (χ4v) is 8.01. The van der Waals surface area contributed by atoms with E-state index in [0.29, 0.717) is 32.1 Å². The zero-order valence-electron chi connectivity index (χ0n) is 40.1. The van der Waals surface area contributed by atoms with Gasteiger partial charge in [0.05, 0.1) is 12.7 Å². The van der Waals surface area contributed by atoms with Gasteiger partial charge < -0.3 is 45.0 Å². The molecule has 1 aliphatic carbocycles. The Morgan fingerprint density at radius 3 is 1.59 bits per heavy atom. The SMILES string of the molecule is CCCCC/C=C\C/C=C\CCCCCCCCCCCC(=O)O[C@H](COC(=O)CCC/C=C\C/C=C\C=C\[C@H](O)C/C=C\CCCCC)COP(=O)(O)OC1[C@H](O)[C@H](O)C(O)[C@H](O)[C@H]1O. The molecule has 14 nitrogen and oxygen atoms in total. The van der Waals surface area contributed by atoms with Crippen molar-refractivity contribution in [3.05, 3.63) is 72.9 Å². The van der Waals surface area contributed by atoms with E-state index in [2.05, 4.69) is 44.2 Å². The van der Waals surface area contributed by atoms with Gasteiger partial charge in [-0.15, -0.1) is 0 Å². The minimum atomic E-state index is -5.15. The number of allylic oxidation sites excluding steroid dienone is 10. The number of aliphatic hydroxyl groups is 6. The number of rotatable bonds is 40. The number of phosphoric ester groups is 1. The Morgan fingerprint density at radius 1 is 0.545 bits per heavy atom. The lowest BCUT2D eigenvalue weighted by Gasteiger charge is -2.41. The van der Waals surface area contributed by atoms with E-state index in [-0.39, 0.29) is 12.8 Å². The maximum atomic E-state index is 12.8. The summed E-state index contributed by atoms with van der Waals surface area (Å²) in [4.78, 5) is 35.8. The first-order valence-electron chi connectivity index (χ1n) is 24.8. The average molecular weight is 955 g/mol. The van der Waals surface area contributed by atoms with Crippen LogP contribution in [0.2, 0.25) is 0 Å². The Balaban J connectivity index is 2.49. The van der Waals surface area contributed by atoms with Crippen LogP contribution in [-0.4, -0.2) is 110 Å².